The summed E-state index contributed by atoms with van der Waals surface area (Å²) in [6.07, 6.45) is 0.641. The molecular weight excluding hydrogens is 257 g/mol. The fourth-order valence-corrected chi connectivity index (χ4v) is 1.66. The van der Waals surface area contributed by atoms with Gasteiger partial charge in [0.25, 0.3) is 0 Å². The van der Waals surface area contributed by atoms with Crippen LogP contribution in [0.1, 0.15) is 11.1 Å². The third-order valence-electron chi connectivity index (χ3n) is 2.09. The molecule has 0 bridgehead atoms. The van der Waals surface area contributed by atoms with Crippen molar-refractivity contribution in [3.05, 3.63) is 35.4 Å². The Morgan fingerprint density at radius 1 is 1.33 bits per heavy atom. The molecule has 0 fully saturated rings. The minimum absolute atomic E-state index is 0.0380. The van der Waals surface area contributed by atoms with Gasteiger partial charge in [-0.1, -0.05) is 24.3 Å². The van der Waals surface area contributed by atoms with Crippen molar-refractivity contribution in [1.29, 1.82) is 0 Å². The molecule has 1 aromatic rings. The summed E-state index contributed by atoms with van der Waals surface area (Å²) in [5.74, 6) is 0.0380. The third-order valence-corrected chi connectivity index (χ3v) is 2.55. The standard InChI is InChI=1S/C10H16N3O4P/c11-10(12)13-5-4-8-2-1-3-9(6-8)7-17-18(14,15)16/h1-3,6H,4-5,7H2,(H4,11,12,13)(H2,14,15,16). The molecule has 0 aromatic heterocycles. The molecule has 18 heavy (non-hydrogen) atoms. The molecule has 0 aliphatic heterocycles. The van der Waals surface area contributed by atoms with E-state index < -0.39 is 7.82 Å². The van der Waals surface area contributed by atoms with Gasteiger partial charge in [-0.2, -0.15) is 0 Å². The van der Waals surface area contributed by atoms with Crippen molar-refractivity contribution in [3.63, 3.8) is 0 Å². The van der Waals surface area contributed by atoms with Gasteiger partial charge < -0.3 is 21.3 Å². The van der Waals surface area contributed by atoms with E-state index in [0.29, 0.717) is 18.5 Å². The summed E-state index contributed by atoms with van der Waals surface area (Å²) in [6.45, 7) is 0.325. The van der Waals surface area contributed by atoms with Gasteiger partial charge >= 0.3 is 7.82 Å². The number of guanidine groups is 1. The van der Waals surface area contributed by atoms with Gasteiger partial charge in [0.2, 0.25) is 0 Å². The van der Waals surface area contributed by atoms with E-state index in [4.69, 9.17) is 21.3 Å². The van der Waals surface area contributed by atoms with Crippen molar-refractivity contribution < 1.29 is 18.9 Å². The molecule has 0 unspecified atom stereocenters. The highest BCUT2D eigenvalue weighted by Crippen LogP contribution is 2.36. The summed E-state index contributed by atoms with van der Waals surface area (Å²) >= 11 is 0. The lowest BCUT2D eigenvalue weighted by atomic mass is 10.1. The lowest BCUT2D eigenvalue weighted by Gasteiger charge is -2.06. The molecule has 0 saturated carbocycles. The quantitative estimate of drug-likeness (QED) is 0.330. The van der Waals surface area contributed by atoms with E-state index in [1.54, 1.807) is 18.2 Å². The zero-order valence-corrected chi connectivity index (χ0v) is 10.6. The molecule has 0 atom stereocenters. The summed E-state index contributed by atoms with van der Waals surface area (Å²) in [7, 11) is -4.44. The van der Waals surface area contributed by atoms with Crippen LogP contribution < -0.4 is 11.5 Å². The number of benzene rings is 1. The van der Waals surface area contributed by atoms with Gasteiger partial charge in [0.15, 0.2) is 5.96 Å². The van der Waals surface area contributed by atoms with E-state index in [-0.39, 0.29) is 12.6 Å². The van der Waals surface area contributed by atoms with Crippen LogP contribution in [0, 0.1) is 0 Å². The maximum absolute atomic E-state index is 10.6. The first-order valence-electron chi connectivity index (χ1n) is 5.20. The lowest BCUT2D eigenvalue weighted by molar-refractivity contribution is 0.189. The van der Waals surface area contributed by atoms with Crippen LogP contribution in [0.3, 0.4) is 0 Å². The van der Waals surface area contributed by atoms with Gasteiger partial charge in [-0.3, -0.25) is 9.52 Å². The van der Waals surface area contributed by atoms with Crippen LogP contribution in [-0.4, -0.2) is 22.3 Å². The Hall–Kier alpha value is -1.40. The number of hydrogen-bond donors (Lipinski definition) is 4. The van der Waals surface area contributed by atoms with Crippen molar-refractivity contribution in [2.45, 2.75) is 13.0 Å². The molecule has 0 aliphatic carbocycles. The fourth-order valence-electron chi connectivity index (χ4n) is 1.35. The zero-order valence-electron chi connectivity index (χ0n) is 9.69. The highest BCUT2D eigenvalue weighted by Gasteiger charge is 2.13. The van der Waals surface area contributed by atoms with Crippen molar-refractivity contribution in [2.24, 2.45) is 16.5 Å². The Balaban J connectivity index is 2.57. The van der Waals surface area contributed by atoms with Gasteiger partial charge in [0, 0.05) is 6.54 Å². The van der Waals surface area contributed by atoms with Crippen LogP contribution in [-0.2, 0) is 22.1 Å². The normalized spacial score (nSPS) is 11.2. The van der Waals surface area contributed by atoms with Crippen molar-refractivity contribution in [1.82, 2.24) is 0 Å². The lowest BCUT2D eigenvalue weighted by Crippen LogP contribution is -2.23. The molecule has 0 amide bonds. The smallest absolute Gasteiger partial charge is 0.370 e. The first-order chi connectivity index (χ1) is 8.37. The van der Waals surface area contributed by atoms with Crippen LogP contribution >= 0.6 is 7.82 Å². The number of phosphoric acid groups is 1. The second kappa shape index (κ2) is 6.51. The van der Waals surface area contributed by atoms with E-state index in [1.165, 1.54) is 0 Å². The third kappa shape index (κ3) is 6.36. The Bertz CT molecular complexity index is 468. The van der Waals surface area contributed by atoms with Crippen molar-refractivity contribution in [3.8, 4) is 0 Å². The first kappa shape index (κ1) is 14.7. The van der Waals surface area contributed by atoms with Crippen LogP contribution in [0.2, 0.25) is 0 Å². The number of phosphoric ester groups is 1. The molecular formula is C10H16N3O4P. The van der Waals surface area contributed by atoms with Crippen LogP contribution in [0.5, 0.6) is 0 Å². The van der Waals surface area contributed by atoms with Crippen LogP contribution in [0.4, 0.5) is 0 Å². The van der Waals surface area contributed by atoms with E-state index in [2.05, 4.69) is 9.52 Å². The average molecular weight is 273 g/mol. The van der Waals surface area contributed by atoms with Crippen LogP contribution in [0.15, 0.2) is 29.3 Å². The highest BCUT2D eigenvalue weighted by atomic mass is 31.2. The Morgan fingerprint density at radius 2 is 2.00 bits per heavy atom. The van der Waals surface area contributed by atoms with E-state index >= 15 is 0 Å². The highest BCUT2D eigenvalue weighted by molar-refractivity contribution is 7.46. The van der Waals surface area contributed by atoms with Crippen LogP contribution in [0.25, 0.3) is 0 Å². The Kier molecular flexibility index (Phi) is 5.30. The topological polar surface area (TPSA) is 131 Å². The predicted octanol–water partition coefficient (Wildman–Crippen LogP) is 0.112. The molecule has 6 N–H and O–H groups in total. The summed E-state index contributed by atoms with van der Waals surface area (Å²) in [4.78, 5) is 21.0. The first-order valence-corrected chi connectivity index (χ1v) is 6.73. The molecule has 1 aromatic carbocycles. The molecule has 0 saturated heterocycles. The van der Waals surface area contributed by atoms with E-state index in [0.717, 1.165) is 5.56 Å². The molecule has 8 heteroatoms. The molecule has 7 nitrogen and oxygen atoms in total. The average Bonchev–Trinajstić information content (AvgIpc) is 2.26. The molecule has 0 radical (unpaired) electrons. The summed E-state index contributed by atoms with van der Waals surface area (Å²) in [5.41, 5.74) is 12.1. The SMILES string of the molecule is NC(N)=NCCc1cccc(COP(=O)(O)O)c1. The second-order valence-corrected chi connectivity index (χ2v) is 4.88. The number of aliphatic imine (C=N–C) groups is 1. The Morgan fingerprint density at radius 3 is 2.61 bits per heavy atom. The molecule has 1 rings (SSSR count). The van der Waals surface area contributed by atoms with Crippen molar-refractivity contribution in [2.75, 3.05) is 6.54 Å². The number of hydrogen-bond acceptors (Lipinski definition) is 3. The van der Waals surface area contributed by atoms with Gasteiger partial charge in [-0.15, -0.1) is 0 Å². The molecule has 0 heterocycles. The largest absolute Gasteiger partial charge is 0.469 e. The minimum atomic E-state index is -4.44. The molecule has 0 spiro atoms. The Labute approximate surface area is 105 Å². The number of nitrogens with two attached hydrogens (primary N) is 2. The van der Waals surface area contributed by atoms with Gasteiger partial charge in [0.1, 0.15) is 0 Å². The fraction of sp³-hybridized carbons (Fsp3) is 0.300. The monoisotopic (exact) mass is 273 g/mol. The molecule has 0 aliphatic rings. The zero-order chi connectivity index (χ0) is 13.6. The van der Waals surface area contributed by atoms with Gasteiger partial charge in [0.05, 0.1) is 6.61 Å². The number of nitrogens with zero attached hydrogens (tertiary/aromatic N) is 1. The second-order valence-electron chi connectivity index (χ2n) is 3.64. The van der Waals surface area contributed by atoms with E-state index in [1.807, 2.05) is 6.07 Å². The minimum Gasteiger partial charge on any atom is -0.370 e. The maximum atomic E-state index is 10.6. The van der Waals surface area contributed by atoms with Gasteiger partial charge in [-0.05, 0) is 17.5 Å². The summed E-state index contributed by atoms with van der Waals surface area (Å²) < 4.78 is 15.0. The predicted molar refractivity (Wildman–Crippen MR) is 67.7 cm³/mol. The van der Waals surface area contributed by atoms with E-state index in [9.17, 15) is 4.57 Å². The van der Waals surface area contributed by atoms with Gasteiger partial charge in [-0.25, -0.2) is 4.57 Å². The summed E-state index contributed by atoms with van der Waals surface area (Å²) in [5, 5.41) is 0. The number of rotatable bonds is 6. The summed E-state index contributed by atoms with van der Waals surface area (Å²) in [6, 6.07) is 7.17. The van der Waals surface area contributed by atoms with Crippen molar-refractivity contribution >= 4 is 13.8 Å². The molecule has 100 valence electrons. The maximum Gasteiger partial charge on any atom is 0.469 e.